The minimum atomic E-state index is -0.425. The number of rotatable bonds is 3. The average Bonchev–Trinajstić information content (AvgIpc) is 2.69. The van der Waals surface area contributed by atoms with E-state index in [1.807, 2.05) is 0 Å². The van der Waals surface area contributed by atoms with Gasteiger partial charge < -0.3 is 15.2 Å². The summed E-state index contributed by atoms with van der Waals surface area (Å²) in [5.41, 5.74) is 7.00. The second-order valence-electron chi connectivity index (χ2n) is 3.76. The summed E-state index contributed by atoms with van der Waals surface area (Å²) in [6, 6.07) is 2.60. The van der Waals surface area contributed by atoms with E-state index in [-0.39, 0.29) is 0 Å². The molecule has 2 N–H and O–H groups in total. The predicted molar refractivity (Wildman–Crippen MR) is 66.1 cm³/mol. The van der Waals surface area contributed by atoms with E-state index >= 15 is 0 Å². The van der Waals surface area contributed by atoms with Gasteiger partial charge in [0.2, 0.25) is 0 Å². The van der Waals surface area contributed by atoms with E-state index in [0.29, 0.717) is 28.4 Å². The number of nitrogens with zero attached hydrogens (tertiary/aromatic N) is 2. The van der Waals surface area contributed by atoms with Crippen molar-refractivity contribution in [2.45, 2.75) is 0 Å². The van der Waals surface area contributed by atoms with Gasteiger partial charge in [-0.25, -0.2) is 4.39 Å². The first kappa shape index (κ1) is 12.2. The number of methoxy groups -OCH3 is 2. The lowest BCUT2D eigenvalue weighted by Gasteiger charge is -2.12. The van der Waals surface area contributed by atoms with Crippen molar-refractivity contribution in [1.29, 1.82) is 0 Å². The van der Waals surface area contributed by atoms with Gasteiger partial charge in [0.25, 0.3) is 0 Å². The zero-order chi connectivity index (χ0) is 13.3. The van der Waals surface area contributed by atoms with E-state index in [1.54, 1.807) is 13.2 Å². The Morgan fingerprint density at radius 3 is 2.44 bits per heavy atom. The van der Waals surface area contributed by atoms with Gasteiger partial charge in [-0.15, -0.1) is 0 Å². The van der Waals surface area contributed by atoms with Gasteiger partial charge in [0.05, 0.1) is 20.4 Å². The molecule has 96 valence electrons. The lowest BCUT2D eigenvalue weighted by Crippen LogP contribution is -1.99. The van der Waals surface area contributed by atoms with Crippen molar-refractivity contribution in [3.8, 4) is 22.6 Å². The number of benzene rings is 1. The molecule has 18 heavy (non-hydrogen) atoms. The number of anilines is 1. The van der Waals surface area contributed by atoms with E-state index in [0.717, 1.165) is 0 Å². The average molecular weight is 251 g/mol. The summed E-state index contributed by atoms with van der Waals surface area (Å²) in [5.74, 6) is 0.751. The van der Waals surface area contributed by atoms with Crippen LogP contribution < -0.4 is 15.2 Å². The Hall–Kier alpha value is -2.24. The van der Waals surface area contributed by atoms with Crippen LogP contribution in [-0.4, -0.2) is 24.0 Å². The number of halogens is 1. The third-order valence-electron chi connectivity index (χ3n) is 2.72. The van der Waals surface area contributed by atoms with Crippen molar-refractivity contribution in [1.82, 2.24) is 9.78 Å². The van der Waals surface area contributed by atoms with Crippen LogP contribution in [0.15, 0.2) is 18.3 Å². The molecule has 0 radical (unpaired) electrons. The number of aromatic nitrogens is 2. The molecule has 0 aliphatic rings. The first-order valence-corrected chi connectivity index (χ1v) is 5.27. The van der Waals surface area contributed by atoms with Crippen LogP contribution in [-0.2, 0) is 7.05 Å². The highest BCUT2D eigenvalue weighted by Crippen LogP contribution is 2.40. The van der Waals surface area contributed by atoms with Gasteiger partial charge in [0.15, 0.2) is 11.5 Å². The standard InChI is InChI=1S/C12H14FN3O2/c1-16-12(14)9(6-15-16)8-4-7(13)5-10(17-2)11(8)18-3/h4-6H,14H2,1-3H3. The van der Waals surface area contributed by atoms with Gasteiger partial charge in [0, 0.05) is 24.2 Å². The molecule has 6 heteroatoms. The highest BCUT2D eigenvalue weighted by atomic mass is 19.1. The maximum atomic E-state index is 13.6. The molecule has 0 spiro atoms. The topological polar surface area (TPSA) is 62.3 Å². The fourth-order valence-corrected chi connectivity index (χ4v) is 1.79. The molecule has 0 unspecified atom stereocenters. The van der Waals surface area contributed by atoms with Gasteiger partial charge in [-0.1, -0.05) is 0 Å². The van der Waals surface area contributed by atoms with Crippen LogP contribution >= 0.6 is 0 Å². The lowest BCUT2D eigenvalue weighted by atomic mass is 10.1. The minimum absolute atomic E-state index is 0.316. The van der Waals surface area contributed by atoms with Crippen molar-refractivity contribution in [2.24, 2.45) is 7.05 Å². The predicted octanol–water partition coefficient (Wildman–Crippen LogP) is 1.83. The SMILES string of the molecule is COc1cc(F)cc(-c2cnn(C)c2N)c1OC. The van der Waals surface area contributed by atoms with Crippen LogP contribution in [0.2, 0.25) is 0 Å². The highest BCUT2D eigenvalue weighted by molar-refractivity contribution is 5.80. The fraction of sp³-hybridized carbons (Fsp3) is 0.250. The van der Waals surface area contributed by atoms with Gasteiger partial charge in [-0.05, 0) is 6.07 Å². The van der Waals surface area contributed by atoms with Crippen molar-refractivity contribution in [3.63, 3.8) is 0 Å². The fourth-order valence-electron chi connectivity index (χ4n) is 1.79. The Morgan fingerprint density at radius 2 is 1.94 bits per heavy atom. The lowest BCUT2D eigenvalue weighted by molar-refractivity contribution is 0.353. The molecule has 0 saturated carbocycles. The number of nitrogen functional groups attached to an aromatic ring is 1. The normalized spacial score (nSPS) is 10.4. The highest BCUT2D eigenvalue weighted by Gasteiger charge is 2.18. The first-order chi connectivity index (χ1) is 8.58. The molecule has 5 nitrogen and oxygen atoms in total. The first-order valence-electron chi connectivity index (χ1n) is 5.27. The van der Waals surface area contributed by atoms with Crippen LogP contribution in [0.5, 0.6) is 11.5 Å². The second kappa shape index (κ2) is 4.56. The molecule has 1 heterocycles. The summed E-state index contributed by atoms with van der Waals surface area (Å²) in [4.78, 5) is 0. The van der Waals surface area contributed by atoms with E-state index in [2.05, 4.69) is 5.10 Å². The Bertz CT molecular complexity index is 581. The van der Waals surface area contributed by atoms with E-state index in [1.165, 1.54) is 31.0 Å². The quantitative estimate of drug-likeness (QED) is 0.903. The number of nitrogens with two attached hydrogens (primary N) is 1. The van der Waals surface area contributed by atoms with Gasteiger partial charge in [0.1, 0.15) is 11.6 Å². The number of hydrogen-bond donors (Lipinski definition) is 1. The molecule has 0 amide bonds. The van der Waals surface area contributed by atoms with Gasteiger partial charge >= 0.3 is 0 Å². The molecule has 0 aliphatic heterocycles. The molecule has 0 fully saturated rings. The molecular formula is C12H14FN3O2. The molecule has 0 atom stereocenters. The Balaban J connectivity index is 2.70. The Morgan fingerprint density at radius 1 is 1.22 bits per heavy atom. The number of aryl methyl sites for hydroxylation is 1. The van der Waals surface area contributed by atoms with Crippen LogP contribution in [0.1, 0.15) is 0 Å². The molecule has 1 aromatic heterocycles. The largest absolute Gasteiger partial charge is 0.493 e. The summed E-state index contributed by atoms with van der Waals surface area (Å²) in [7, 11) is 4.65. The molecule has 2 aromatic rings. The van der Waals surface area contributed by atoms with Crippen LogP contribution in [0, 0.1) is 5.82 Å². The third kappa shape index (κ3) is 1.85. The maximum absolute atomic E-state index is 13.6. The summed E-state index contributed by atoms with van der Waals surface area (Å²) in [5, 5.41) is 4.03. The van der Waals surface area contributed by atoms with Crippen molar-refractivity contribution in [2.75, 3.05) is 20.0 Å². The number of ether oxygens (including phenoxy) is 2. The third-order valence-corrected chi connectivity index (χ3v) is 2.72. The monoisotopic (exact) mass is 251 g/mol. The molecule has 0 bridgehead atoms. The molecule has 2 rings (SSSR count). The second-order valence-corrected chi connectivity index (χ2v) is 3.76. The summed E-state index contributed by atoms with van der Waals surface area (Å²) in [6.45, 7) is 0. The minimum Gasteiger partial charge on any atom is -0.493 e. The molecule has 0 saturated heterocycles. The van der Waals surface area contributed by atoms with Crippen molar-refractivity contribution < 1.29 is 13.9 Å². The van der Waals surface area contributed by atoms with E-state index in [9.17, 15) is 4.39 Å². The van der Waals surface area contributed by atoms with E-state index < -0.39 is 5.82 Å². The number of hydrogen-bond acceptors (Lipinski definition) is 4. The molecule has 1 aromatic carbocycles. The maximum Gasteiger partial charge on any atom is 0.168 e. The van der Waals surface area contributed by atoms with Crippen LogP contribution in [0.25, 0.3) is 11.1 Å². The smallest absolute Gasteiger partial charge is 0.168 e. The van der Waals surface area contributed by atoms with Gasteiger partial charge in [-0.2, -0.15) is 5.10 Å². The van der Waals surface area contributed by atoms with Crippen LogP contribution in [0.3, 0.4) is 0 Å². The van der Waals surface area contributed by atoms with Crippen LogP contribution in [0.4, 0.5) is 10.2 Å². The summed E-state index contributed by atoms with van der Waals surface area (Å²) >= 11 is 0. The Labute approximate surface area is 104 Å². The summed E-state index contributed by atoms with van der Waals surface area (Å²) < 4.78 is 25.4. The van der Waals surface area contributed by atoms with Crippen molar-refractivity contribution in [3.05, 3.63) is 24.1 Å². The Kier molecular flexibility index (Phi) is 3.10. The zero-order valence-corrected chi connectivity index (χ0v) is 10.4. The van der Waals surface area contributed by atoms with E-state index in [4.69, 9.17) is 15.2 Å². The summed E-state index contributed by atoms with van der Waals surface area (Å²) in [6.07, 6.45) is 1.56. The molecular weight excluding hydrogens is 237 g/mol. The van der Waals surface area contributed by atoms with Gasteiger partial charge in [-0.3, -0.25) is 4.68 Å². The zero-order valence-electron chi connectivity index (χ0n) is 10.4. The molecule has 0 aliphatic carbocycles. The van der Waals surface area contributed by atoms with Crippen molar-refractivity contribution >= 4 is 5.82 Å².